The third-order valence-electron chi connectivity index (χ3n) is 2.20. The molecule has 0 saturated heterocycles. The standard InChI is InChI=1S/C11H19NO/c1-4-6-12-11(5-2)10-7-9(3)13-8-10/h7-8,11-12H,4-6H2,1-3H3. The summed E-state index contributed by atoms with van der Waals surface area (Å²) in [5, 5.41) is 3.49. The van der Waals surface area contributed by atoms with Gasteiger partial charge in [0.15, 0.2) is 0 Å². The van der Waals surface area contributed by atoms with Gasteiger partial charge in [-0.25, -0.2) is 0 Å². The highest BCUT2D eigenvalue weighted by molar-refractivity contribution is 5.16. The van der Waals surface area contributed by atoms with Crippen LogP contribution in [0.1, 0.15) is 44.1 Å². The van der Waals surface area contributed by atoms with Gasteiger partial charge in [0.25, 0.3) is 0 Å². The monoisotopic (exact) mass is 181 g/mol. The summed E-state index contributed by atoms with van der Waals surface area (Å²) < 4.78 is 5.29. The molecule has 74 valence electrons. The van der Waals surface area contributed by atoms with Crippen LogP contribution in [0.4, 0.5) is 0 Å². The van der Waals surface area contributed by atoms with E-state index in [2.05, 4.69) is 25.2 Å². The van der Waals surface area contributed by atoms with Gasteiger partial charge in [-0.3, -0.25) is 0 Å². The van der Waals surface area contributed by atoms with Gasteiger partial charge >= 0.3 is 0 Å². The molecule has 1 unspecified atom stereocenters. The predicted molar refractivity (Wildman–Crippen MR) is 54.8 cm³/mol. The third-order valence-corrected chi connectivity index (χ3v) is 2.20. The quantitative estimate of drug-likeness (QED) is 0.755. The van der Waals surface area contributed by atoms with Gasteiger partial charge in [-0.05, 0) is 32.4 Å². The van der Waals surface area contributed by atoms with Crippen molar-refractivity contribution in [3.8, 4) is 0 Å². The summed E-state index contributed by atoms with van der Waals surface area (Å²) in [6.45, 7) is 7.43. The fourth-order valence-electron chi connectivity index (χ4n) is 1.46. The number of hydrogen-bond donors (Lipinski definition) is 1. The van der Waals surface area contributed by atoms with Crippen molar-refractivity contribution in [2.24, 2.45) is 0 Å². The summed E-state index contributed by atoms with van der Waals surface area (Å²) in [4.78, 5) is 0. The van der Waals surface area contributed by atoms with Crippen molar-refractivity contribution < 1.29 is 4.42 Å². The molecule has 2 heteroatoms. The third kappa shape index (κ3) is 2.88. The Hall–Kier alpha value is -0.760. The number of aryl methyl sites for hydroxylation is 1. The Kier molecular flexibility index (Phi) is 4.03. The molecule has 0 spiro atoms. The van der Waals surface area contributed by atoms with Crippen molar-refractivity contribution in [2.75, 3.05) is 6.54 Å². The molecular weight excluding hydrogens is 162 g/mol. The largest absolute Gasteiger partial charge is 0.469 e. The lowest BCUT2D eigenvalue weighted by atomic mass is 10.1. The molecule has 1 aromatic heterocycles. The fourth-order valence-corrected chi connectivity index (χ4v) is 1.46. The minimum Gasteiger partial charge on any atom is -0.469 e. The molecule has 0 aromatic carbocycles. The second-order valence-corrected chi connectivity index (χ2v) is 3.41. The topological polar surface area (TPSA) is 25.2 Å². The summed E-state index contributed by atoms with van der Waals surface area (Å²) in [5.41, 5.74) is 1.27. The van der Waals surface area contributed by atoms with Gasteiger partial charge in [0.1, 0.15) is 5.76 Å². The Morgan fingerprint density at radius 2 is 2.23 bits per heavy atom. The lowest BCUT2D eigenvalue weighted by molar-refractivity contribution is 0.497. The van der Waals surface area contributed by atoms with Gasteiger partial charge in [0.2, 0.25) is 0 Å². The molecule has 13 heavy (non-hydrogen) atoms. The minimum atomic E-state index is 0.456. The maximum atomic E-state index is 5.29. The van der Waals surface area contributed by atoms with Gasteiger partial charge in [-0.1, -0.05) is 13.8 Å². The molecule has 0 bridgehead atoms. The van der Waals surface area contributed by atoms with E-state index in [-0.39, 0.29) is 0 Å². The van der Waals surface area contributed by atoms with Gasteiger partial charge < -0.3 is 9.73 Å². The molecule has 0 saturated carbocycles. The highest BCUT2D eigenvalue weighted by Gasteiger charge is 2.09. The van der Waals surface area contributed by atoms with Crippen LogP contribution < -0.4 is 5.32 Å². The van der Waals surface area contributed by atoms with E-state index in [0.29, 0.717) is 6.04 Å². The van der Waals surface area contributed by atoms with E-state index in [1.165, 1.54) is 12.0 Å². The second kappa shape index (κ2) is 5.07. The van der Waals surface area contributed by atoms with Crippen molar-refractivity contribution >= 4 is 0 Å². The minimum absolute atomic E-state index is 0.456. The van der Waals surface area contributed by atoms with E-state index in [4.69, 9.17) is 4.42 Å². The highest BCUT2D eigenvalue weighted by atomic mass is 16.3. The number of furan rings is 1. The SMILES string of the molecule is CCCNC(CC)c1coc(C)c1. The molecule has 0 aliphatic carbocycles. The molecule has 1 heterocycles. The van der Waals surface area contributed by atoms with Crippen molar-refractivity contribution in [1.29, 1.82) is 0 Å². The van der Waals surface area contributed by atoms with E-state index in [9.17, 15) is 0 Å². The van der Waals surface area contributed by atoms with Crippen LogP contribution in [0.3, 0.4) is 0 Å². The molecule has 2 nitrogen and oxygen atoms in total. The first-order valence-electron chi connectivity index (χ1n) is 5.06. The smallest absolute Gasteiger partial charge is 0.101 e. The zero-order valence-corrected chi connectivity index (χ0v) is 8.76. The summed E-state index contributed by atoms with van der Waals surface area (Å²) in [6, 6.07) is 2.56. The average Bonchev–Trinajstić information content (AvgIpc) is 2.54. The van der Waals surface area contributed by atoms with E-state index in [1.807, 2.05) is 13.2 Å². The first kappa shape index (κ1) is 10.3. The Bertz CT molecular complexity index is 242. The Morgan fingerprint density at radius 3 is 2.69 bits per heavy atom. The summed E-state index contributed by atoms with van der Waals surface area (Å²) in [5.74, 6) is 0.992. The van der Waals surface area contributed by atoms with Crippen molar-refractivity contribution in [3.05, 3.63) is 23.7 Å². The maximum Gasteiger partial charge on any atom is 0.101 e. The average molecular weight is 181 g/mol. The molecular formula is C11H19NO. The van der Waals surface area contributed by atoms with Gasteiger partial charge in [0.05, 0.1) is 6.26 Å². The van der Waals surface area contributed by atoms with Gasteiger partial charge in [-0.15, -0.1) is 0 Å². The van der Waals surface area contributed by atoms with Crippen LogP contribution >= 0.6 is 0 Å². The van der Waals surface area contributed by atoms with Crippen LogP contribution in [-0.2, 0) is 0 Å². The molecule has 0 aliphatic heterocycles. The van der Waals surface area contributed by atoms with Crippen LogP contribution in [0, 0.1) is 6.92 Å². The molecule has 1 atom stereocenters. The van der Waals surface area contributed by atoms with Gasteiger partial charge in [-0.2, -0.15) is 0 Å². The summed E-state index contributed by atoms with van der Waals surface area (Å²) in [6.07, 6.45) is 4.14. The van der Waals surface area contributed by atoms with Crippen LogP contribution in [0.15, 0.2) is 16.7 Å². The van der Waals surface area contributed by atoms with Crippen molar-refractivity contribution in [2.45, 2.75) is 39.7 Å². The molecule has 1 N–H and O–H groups in total. The first-order valence-corrected chi connectivity index (χ1v) is 5.06. The Labute approximate surface area is 80.3 Å². The number of rotatable bonds is 5. The fraction of sp³-hybridized carbons (Fsp3) is 0.636. The zero-order chi connectivity index (χ0) is 9.68. The number of hydrogen-bond acceptors (Lipinski definition) is 2. The van der Waals surface area contributed by atoms with Crippen LogP contribution in [0.2, 0.25) is 0 Å². The lowest BCUT2D eigenvalue weighted by Crippen LogP contribution is -2.20. The molecule has 0 aliphatic rings. The summed E-state index contributed by atoms with van der Waals surface area (Å²) >= 11 is 0. The van der Waals surface area contributed by atoms with Crippen LogP contribution in [0.5, 0.6) is 0 Å². The second-order valence-electron chi connectivity index (χ2n) is 3.41. The van der Waals surface area contributed by atoms with E-state index in [1.54, 1.807) is 0 Å². The lowest BCUT2D eigenvalue weighted by Gasteiger charge is -2.13. The molecule has 1 aromatic rings. The van der Waals surface area contributed by atoms with E-state index in [0.717, 1.165) is 18.7 Å². The predicted octanol–water partition coefficient (Wildman–Crippen LogP) is 3.04. The summed E-state index contributed by atoms with van der Waals surface area (Å²) in [7, 11) is 0. The molecule has 0 amide bonds. The van der Waals surface area contributed by atoms with Crippen molar-refractivity contribution in [1.82, 2.24) is 5.32 Å². The van der Waals surface area contributed by atoms with Gasteiger partial charge in [0, 0.05) is 11.6 Å². The van der Waals surface area contributed by atoms with Crippen LogP contribution in [0.25, 0.3) is 0 Å². The normalized spacial score (nSPS) is 13.2. The Morgan fingerprint density at radius 1 is 1.46 bits per heavy atom. The van der Waals surface area contributed by atoms with Crippen molar-refractivity contribution in [3.63, 3.8) is 0 Å². The Balaban J connectivity index is 2.56. The van der Waals surface area contributed by atoms with E-state index < -0.39 is 0 Å². The van der Waals surface area contributed by atoms with E-state index >= 15 is 0 Å². The highest BCUT2D eigenvalue weighted by Crippen LogP contribution is 2.18. The molecule has 0 radical (unpaired) electrons. The van der Waals surface area contributed by atoms with Crippen LogP contribution in [-0.4, -0.2) is 6.54 Å². The molecule has 1 rings (SSSR count). The number of nitrogens with one attached hydrogen (secondary N) is 1. The maximum absolute atomic E-state index is 5.29. The first-order chi connectivity index (χ1) is 6.27. The molecule has 0 fully saturated rings. The zero-order valence-electron chi connectivity index (χ0n) is 8.76.